The van der Waals surface area contributed by atoms with Gasteiger partial charge in [0.25, 0.3) is 20.2 Å². The van der Waals surface area contributed by atoms with Crippen LogP contribution in [0.5, 0.6) is 0 Å². The highest BCUT2D eigenvalue weighted by molar-refractivity contribution is 7.87. The topological polar surface area (TPSA) is 147 Å². The van der Waals surface area contributed by atoms with E-state index < -0.39 is 35.7 Å². The maximum Gasteiger partial charge on any atom is 0.296 e. The van der Waals surface area contributed by atoms with Crippen LogP contribution in [0.1, 0.15) is 0 Å². The van der Waals surface area contributed by atoms with E-state index in [0.29, 0.717) is 0 Å². The molecular formula is C7H10N2O6S2. The zero-order chi connectivity index (χ0) is 13.4. The van der Waals surface area contributed by atoms with Gasteiger partial charge < -0.3 is 11.1 Å². The molecule has 0 aliphatic heterocycles. The molecule has 0 saturated carbocycles. The Bertz CT molecular complexity index is 596. The van der Waals surface area contributed by atoms with Crippen molar-refractivity contribution in [2.75, 3.05) is 18.1 Å². The van der Waals surface area contributed by atoms with E-state index in [4.69, 9.17) is 14.8 Å². The maximum atomic E-state index is 11.0. The van der Waals surface area contributed by atoms with Crippen LogP contribution in [0.3, 0.4) is 0 Å². The van der Waals surface area contributed by atoms with Crippen molar-refractivity contribution in [3.63, 3.8) is 0 Å². The van der Waals surface area contributed by atoms with Crippen LogP contribution < -0.4 is 11.1 Å². The summed E-state index contributed by atoms with van der Waals surface area (Å²) in [5.74, 6) is 0. The fourth-order valence-electron chi connectivity index (χ4n) is 1.17. The smallest absolute Gasteiger partial charge is 0.296 e. The molecule has 1 rings (SSSR count). The molecule has 10 heteroatoms. The van der Waals surface area contributed by atoms with Gasteiger partial charge in [0.05, 0.1) is 5.69 Å². The number of nitrogen functional groups attached to an aromatic ring is 1. The summed E-state index contributed by atoms with van der Waals surface area (Å²) in [7, 11) is -7.98. The molecule has 1 aromatic rings. The van der Waals surface area contributed by atoms with Crippen molar-refractivity contribution >= 4 is 31.6 Å². The zero-order valence-corrected chi connectivity index (χ0v) is 10.2. The van der Waals surface area contributed by atoms with Gasteiger partial charge in [0.2, 0.25) is 0 Å². The fourth-order valence-corrected chi connectivity index (χ4v) is 2.56. The first-order valence-electron chi connectivity index (χ1n) is 4.13. The monoisotopic (exact) mass is 282 g/mol. The summed E-state index contributed by atoms with van der Waals surface area (Å²) >= 11 is 0. The van der Waals surface area contributed by atoms with Crippen molar-refractivity contribution in [2.24, 2.45) is 0 Å². The van der Waals surface area contributed by atoms with E-state index in [2.05, 4.69) is 5.32 Å². The Kier molecular flexibility index (Phi) is 3.34. The Morgan fingerprint density at radius 3 is 1.65 bits per heavy atom. The third-order valence-electron chi connectivity index (χ3n) is 1.95. The standard InChI is InChI=1S/C7H10N2O6S2/c1-9-4-2-5(16(10,11)12)7(8)6(3-4)17(13,14)15/h2-3,9H,8H2,1H3,(H,10,11,12)(H,13,14,15). The van der Waals surface area contributed by atoms with E-state index in [0.717, 1.165) is 12.1 Å². The number of hydrogen-bond acceptors (Lipinski definition) is 6. The number of rotatable bonds is 3. The van der Waals surface area contributed by atoms with Gasteiger partial charge in [-0.05, 0) is 12.1 Å². The van der Waals surface area contributed by atoms with Gasteiger partial charge in [-0.3, -0.25) is 9.11 Å². The zero-order valence-electron chi connectivity index (χ0n) is 8.58. The van der Waals surface area contributed by atoms with Crippen molar-refractivity contribution in [1.29, 1.82) is 0 Å². The Labute approximate surface area is 97.9 Å². The van der Waals surface area contributed by atoms with Gasteiger partial charge in [0.1, 0.15) is 9.79 Å². The lowest BCUT2D eigenvalue weighted by molar-refractivity contribution is 0.482. The number of anilines is 2. The van der Waals surface area contributed by atoms with E-state index in [9.17, 15) is 16.8 Å². The quantitative estimate of drug-likeness (QED) is 0.440. The Morgan fingerprint density at radius 2 is 1.41 bits per heavy atom. The van der Waals surface area contributed by atoms with Crippen LogP contribution in [0.15, 0.2) is 21.9 Å². The third-order valence-corrected chi connectivity index (χ3v) is 3.74. The fraction of sp³-hybridized carbons (Fsp3) is 0.143. The molecule has 0 atom stereocenters. The minimum Gasteiger partial charge on any atom is -0.396 e. The first kappa shape index (κ1) is 13.7. The van der Waals surface area contributed by atoms with Crippen molar-refractivity contribution < 1.29 is 25.9 Å². The molecule has 0 aromatic heterocycles. The Morgan fingerprint density at radius 1 is 1.06 bits per heavy atom. The molecule has 0 saturated heterocycles. The first-order valence-corrected chi connectivity index (χ1v) is 7.01. The molecule has 0 bridgehead atoms. The summed E-state index contributed by atoms with van der Waals surface area (Å²) in [6.07, 6.45) is 0. The molecule has 0 aliphatic rings. The van der Waals surface area contributed by atoms with Gasteiger partial charge >= 0.3 is 0 Å². The largest absolute Gasteiger partial charge is 0.396 e. The van der Waals surface area contributed by atoms with E-state index in [1.165, 1.54) is 7.05 Å². The van der Waals surface area contributed by atoms with Crippen molar-refractivity contribution in [3.05, 3.63) is 12.1 Å². The highest BCUT2D eigenvalue weighted by Gasteiger charge is 2.23. The van der Waals surface area contributed by atoms with E-state index >= 15 is 0 Å². The Balaban J connectivity index is 3.78. The second-order valence-corrected chi connectivity index (χ2v) is 5.87. The van der Waals surface area contributed by atoms with Crippen LogP contribution in [0.25, 0.3) is 0 Å². The first-order chi connectivity index (χ1) is 7.57. The van der Waals surface area contributed by atoms with Crippen LogP contribution in [-0.4, -0.2) is 33.0 Å². The highest BCUT2D eigenvalue weighted by atomic mass is 32.2. The van der Waals surface area contributed by atoms with Crippen LogP contribution in [0.4, 0.5) is 11.4 Å². The lowest BCUT2D eigenvalue weighted by Crippen LogP contribution is -2.10. The van der Waals surface area contributed by atoms with Crippen LogP contribution >= 0.6 is 0 Å². The summed E-state index contributed by atoms with van der Waals surface area (Å²) in [5, 5.41) is 2.47. The molecule has 0 fully saturated rings. The number of nitrogens with one attached hydrogen (secondary N) is 1. The third kappa shape index (κ3) is 2.85. The SMILES string of the molecule is CNc1cc(S(=O)(=O)O)c(N)c(S(=O)(=O)O)c1. The molecule has 0 unspecified atom stereocenters. The van der Waals surface area contributed by atoms with Crippen molar-refractivity contribution in [3.8, 4) is 0 Å². The summed E-state index contributed by atoms with van der Waals surface area (Å²) < 4.78 is 61.6. The highest BCUT2D eigenvalue weighted by Crippen LogP contribution is 2.30. The second-order valence-electron chi connectivity index (χ2n) is 3.09. The lowest BCUT2D eigenvalue weighted by atomic mass is 10.3. The summed E-state index contributed by atoms with van der Waals surface area (Å²) in [4.78, 5) is -1.59. The minimum atomic E-state index is -4.69. The summed E-state index contributed by atoms with van der Waals surface area (Å²) in [6, 6.07) is 1.89. The lowest BCUT2D eigenvalue weighted by Gasteiger charge is -2.10. The van der Waals surface area contributed by atoms with Crippen LogP contribution in [0.2, 0.25) is 0 Å². The maximum absolute atomic E-state index is 11.0. The summed E-state index contributed by atoms with van der Waals surface area (Å²) in [5.41, 5.74) is 4.59. The van der Waals surface area contributed by atoms with E-state index in [1.54, 1.807) is 0 Å². The molecular weight excluding hydrogens is 272 g/mol. The molecule has 96 valence electrons. The summed E-state index contributed by atoms with van der Waals surface area (Å²) in [6.45, 7) is 0. The van der Waals surface area contributed by atoms with Gasteiger partial charge in [-0.25, -0.2) is 0 Å². The molecule has 0 amide bonds. The van der Waals surface area contributed by atoms with Crippen molar-refractivity contribution in [1.82, 2.24) is 0 Å². The number of benzene rings is 1. The molecule has 0 radical (unpaired) electrons. The predicted octanol–water partition coefficient (Wildman–Crippen LogP) is -0.196. The van der Waals surface area contributed by atoms with E-state index in [-0.39, 0.29) is 5.69 Å². The minimum absolute atomic E-state index is 0.0550. The van der Waals surface area contributed by atoms with E-state index in [1.807, 2.05) is 0 Å². The Hall–Kier alpha value is -1.36. The molecule has 8 nitrogen and oxygen atoms in total. The predicted molar refractivity (Wildman–Crippen MR) is 60.0 cm³/mol. The van der Waals surface area contributed by atoms with Gasteiger partial charge in [-0.2, -0.15) is 16.8 Å². The number of nitrogens with two attached hydrogens (primary N) is 1. The normalized spacial score (nSPS) is 12.4. The molecule has 0 spiro atoms. The van der Waals surface area contributed by atoms with Crippen molar-refractivity contribution in [2.45, 2.75) is 9.79 Å². The van der Waals surface area contributed by atoms with Crippen LogP contribution in [0, 0.1) is 0 Å². The average molecular weight is 282 g/mol. The molecule has 0 heterocycles. The molecule has 0 aliphatic carbocycles. The molecule has 17 heavy (non-hydrogen) atoms. The van der Waals surface area contributed by atoms with Gasteiger partial charge in [-0.1, -0.05) is 0 Å². The second kappa shape index (κ2) is 4.14. The molecule has 5 N–H and O–H groups in total. The van der Waals surface area contributed by atoms with Gasteiger partial charge in [0.15, 0.2) is 0 Å². The molecule has 1 aromatic carbocycles. The van der Waals surface area contributed by atoms with Gasteiger partial charge in [-0.15, -0.1) is 0 Å². The van der Waals surface area contributed by atoms with Gasteiger partial charge in [0, 0.05) is 12.7 Å². The number of hydrogen-bond donors (Lipinski definition) is 4. The average Bonchev–Trinajstić information content (AvgIpc) is 2.14. The van der Waals surface area contributed by atoms with Crippen LogP contribution in [-0.2, 0) is 20.2 Å².